The molecule has 2 N–H and O–H groups in total. The first-order valence-corrected chi connectivity index (χ1v) is 10.5. The van der Waals surface area contributed by atoms with Crippen LogP contribution in [0, 0.1) is 5.41 Å². The largest absolute Gasteiger partial charge is 0.478 e. The fourth-order valence-corrected chi connectivity index (χ4v) is 4.40. The molecule has 0 fully saturated rings. The first kappa shape index (κ1) is 20.7. The third-order valence-corrected chi connectivity index (χ3v) is 5.87. The molecule has 2 aromatic carbocycles. The lowest BCUT2D eigenvalue weighted by Gasteiger charge is -2.22. The van der Waals surface area contributed by atoms with E-state index in [1.165, 1.54) is 0 Å². The third-order valence-electron chi connectivity index (χ3n) is 5.87. The van der Waals surface area contributed by atoms with E-state index in [9.17, 15) is 9.90 Å². The smallest absolute Gasteiger partial charge is 0.336 e. The van der Waals surface area contributed by atoms with Crippen LogP contribution in [0.5, 0.6) is 0 Å². The molecule has 0 saturated carbocycles. The quantitative estimate of drug-likeness (QED) is 0.418. The molecule has 0 atom stereocenters. The lowest BCUT2D eigenvalue weighted by atomic mass is 9.85. The number of anilines is 1. The number of hydrogen-bond acceptors (Lipinski definition) is 4. The predicted molar refractivity (Wildman–Crippen MR) is 124 cm³/mol. The Morgan fingerprint density at radius 3 is 2.35 bits per heavy atom. The van der Waals surface area contributed by atoms with E-state index in [4.69, 9.17) is 9.83 Å². The maximum absolute atomic E-state index is 12.1. The SMILES string of the molecule is CCc1c2c(-c3ccccc3C(=O)O)c3ccc(N(C)C)cc3oc-2cc(=N)c1CC. The van der Waals surface area contributed by atoms with Crippen molar-refractivity contribution in [2.75, 3.05) is 19.0 Å². The van der Waals surface area contributed by atoms with E-state index in [1.807, 2.05) is 56.3 Å². The van der Waals surface area contributed by atoms with Gasteiger partial charge in [0, 0.05) is 48.4 Å². The second kappa shape index (κ2) is 7.91. The van der Waals surface area contributed by atoms with Crippen LogP contribution in [0.2, 0.25) is 0 Å². The van der Waals surface area contributed by atoms with E-state index >= 15 is 0 Å². The van der Waals surface area contributed by atoms with Crippen molar-refractivity contribution in [3.8, 4) is 22.5 Å². The molecule has 0 saturated heterocycles. The zero-order chi connectivity index (χ0) is 22.3. The number of benzene rings is 3. The van der Waals surface area contributed by atoms with Crippen LogP contribution in [0.1, 0.15) is 35.3 Å². The Morgan fingerprint density at radius 1 is 1.00 bits per heavy atom. The predicted octanol–water partition coefficient (Wildman–Crippen LogP) is 5.57. The lowest BCUT2D eigenvalue weighted by Crippen LogP contribution is -2.14. The minimum atomic E-state index is -0.964. The maximum atomic E-state index is 12.1. The van der Waals surface area contributed by atoms with Crippen LogP contribution in [0.3, 0.4) is 0 Å². The summed E-state index contributed by atoms with van der Waals surface area (Å²) in [5.74, 6) is -0.355. The summed E-state index contributed by atoms with van der Waals surface area (Å²) in [7, 11) is 3.93. The highest BCUT2D eigenvalue weighted by Gasteiger charge is 2.25. The van der Waals surface area contributed by atoms with Crippen molar-refractivity contribution in [2.45, 2.75) is 26.7 Å². The molecule has 31 heavy (non-hydrogen) atoms. The molecule has 4 rings (SSSR count). The van der Waals surface area contributed by atoms with Crippen molar-refractivity contribution in [3.05, 3.63) is 70.6 Å². The Bertz CT molecular complexity index is 1330. The number of nitrogens with zero attached hydrogens (tertiary/aromatic N) is 1. The Kier molecular flexibility index (Phi) is 5.27. The van der Waals surface area contributed by atoms with Gasteiger partial charge in [0.1, 0.15) is 11.3 Å². The van der Waals surface area contributed by atoms with Gasteiger partial charge in [-0.15, -0.1) is 0 Å². The highest BCUT2D eigenvalue weighted by molar-refractivity contribution is 6.08. The van der Waals surface area contributed by atoms with Crippen LogP contribution in [0.15, 0.2) is 52.9 Å². The van der Waals surface area contributed by atoms with Crippen LogP contribution in [-0.4, -0.2) is 25.2 Å². The van der Waals surface area contributed by atoms with Gasteiger partial charge < -0.3 is 19.8 Å². The van der Waals surface area contributed by atoms with Crippen molar-refractivity contribution < 1.29 is 14.3 Å². The fourth-order valence-electron chi connectivity index (χ4n) is 4.40. The van der Waals surface area contributed by atoms with Crippen molar-refractivity contribution in [2.24, 2.45) is 0 Å². The zero-order valence-electron chi connectivity index (χ0n) is 18.2. The topological polar surface area (TPSA) is 77.5 Å². The van der Waals surface area contributed by atoms with Gasteiger partial charge in [0.05, 0.1) is 10.9 Å². The number of fused-ring (bicyclic) bond motifs is 2. The molecule has 1 heterocycles. The number of nitrogens with one attached hydrogen (secondary N) is 1. The van der Waals surface area contributed by atoms with Crippen LogP contribution in [-0.2, 0) is 12.8 Å². The molecule has 0 radical (unpaired) electrons. The average Bonchev–Trinajstić information content (AvgIpc) is 2.76. The highest BCUT2D eigenvalue weighted by atomic mass is 16.4. The van der Waals surface area contributed by atoms with Crippen LogP contribution >= 0.6 is 0 Å². The zero-order valence-corrected chi connectivity index (χ0v) is 18.2. The van der Waals surface area contributed by atoms with Gasteiger partial charge in [-0.1, -0.05) is 32.0 Å². The molecule has 0 amide bonds. The van der Waals surface area contributed by atoms with Crippen molar-refractivity contribution in [1.82, 2.24) is 0 Å². The molecule has 0 unspecified atom stereocenters. The molecule has 2 aromatic rings. The van der Waals surface area contributed by atoms with Gasteiger partial charge in [-0.25, -0.2) is 4.79 Å². The fraction of sp³-hybridized carbons (Fsp3) is 0.231. The van der Waals surface area contributed by atoms with Gasteiger partial charge in [0.15, 0.2) is 0 Å². The molecular formula is C26H26N2O3. The first-order chi connectivity index (χ1) is 14.9. The van der Waals surface area contributed by atoms with E-state index < -0.39 is 5.97 Å². The molecule has 0 bridgehead atoms. The monoisotopic (exact) mass is 414 g/mol. The van der Waals surface area contributed by atoms with Gasteiger partial charge >= 0.3 is 5.97 Å². The van der Waals surface area contributed by atoms with Crippen molar-refractivity contribution >= 4 is 22.6 Å². The molecule has 5 heteroatoms. The summed E-state index contributed by atoms with van der Waals surface area (Å²) >= 11 is 0. The number of carboxylic acids is 1. The van der Waals surface area contributed by atoms with Crippen LogP contribution in [0.25, 0.3) is 33.4 Å². The minimum absolute atomic E-state index is 0.253. The van der Waals surface area contributed by atoms with Gasteiger partial charge in [-0.2, -0.15) is 0 Å². The van der Waals surface area contributed by atoms with Crippen molar-refractivity contribution in [1.29, 1.82) is 5.41 Å². The number of carboxylic acid groups (broad SMARTS) is 1. The normalized spacial score (nSPS) is 11.2. The molecule has 2 aliphatic rings. The van der Waals surface area contributed by atoms with E-state index in [1.54, 1.807) is 18.2 Å². The van der Waals surface area contributed by atoms with E-state index in [0.717, 1.165) is 46.2 Å². The molecule has 1 aliphatic carbocycles. The summed E-state index contributed by atoms with van der Waals surface area (Å²) < 4.78 is 6.33. The highest BCUT2D eigenvalue weighted by Crippen LogP contribution is 2.44. The molecule has 0 spiro atoms. The van der Waals surface area contributed by atoms with Crippen LogP contribution in [0.4, 0.5) is 5.69 Å². The Morgan fingerprint density at radius 2 is 1.71 bits per heavy atom. The van der Waals surface area contributed by atoms with E-state index in [0.29, 0.717) is 22.3 Å². The lowest BCUT2D eigenvalue weighted by molar-refractivity contribution is 0.0697. The average molecular weight is 415 g/mol. The maximum Gasteiger partial charge on any atom is 0.336 e. The molecule has 5 nitrogen and oxygen atoms in total. The Labute approximate surface area is 181 Å². The molecule has 0 aromatic heterocycles. The summed E-state index contributed by atoms with van der Waals surface area (Å²) in [6, 6.07) is 14.9. The second-order valence-corrected chi connectivity index (χ2v) is 7.86. The van der Waals surface area contributed by atoms with E-state index in [2.05, 4.69) is 6.92 Å². The summed E-state index contributed by atoms with van der Waals surface area (Å²) in [4.78, 5) is 14.1. The van der Waals surface area contributed by atoms with Crippen LogP contribution < -0.4 is 10.3 Å². The second-order valence-electron chi connectivity index (χ2n) is 7.86. The molecule has 1 aliphatic heterocycles. The minimum Gasteiger partial charge on any atom is -0.478 e. The Balaban J connectivity index is 2.27. The number of carbonyl (C=O) groups is 1. The Hall–Kier alpha value is -3.60. The van der Waals surface area contributed by atoms with Gasteiger partial charge in [-0.3, -0.25) is 0 Å². The third kappa shape index (κ3) is 3.36. The van der Waals surface area contributed by atoms with E-state index in [-0.39, 0.29) is 5.56 Å². The summed E-state index contributed by atoms with van der Waals surface area (Å²) in [6.07, 6.45) is 1.46. The summed E-state index contributed by atoms with van der Waals surface area (Å²) in [5, 5.41) is 19.8. The van der Waals surface area contributed by atoms with Gasteiger partial charge in [-0.05, 0) is 47.7 Å². The molecular weight excluding hydrogens is 388 g/mol. The number of hydrogen-bond donors (Lipinski definition) is 2. The summed E-state index contributed by atoms with van der Waals surface area (Å²) in [6.45, 7) is 4.12. The molecule has 158 valence electrons. The van der Waals surface area contributed by atoms with Crippen molar-refractivity contribution in [3.63, 3.8) is 0 Å². The number of rotatable bonds is 5. The van der Waals surface area contributed by atoms with Gasteiger partial charge in [0.2, 0.25) is 0 Å². The first-order valence-electron chi connectivity index (χ1n) is 10.5. The van der Waals surface area contributed by atoms with Gasteiger partial charge in [0.25, 0.3) is 0 Å². The number of aromatic carboxylic acids is 1. The standard InChI is InChI=1S/C26H26N2O3/c1-5-16-17(6-2)25-23(14-21(16)27)31-22-13-15(28(3)4)11-12-20(22)24(25)18-9-7-8-10-19(18)26(29)30/h7-14,27H,5-6H2,1-4H3,(H,29,30). The summed E-state index contributed by atoms with van der Waals surface area (Å²) in [5.41, 5.74) is 6.34.